The molecule has 0 N–H and O–H groups in total. The quantitative estimate of drug-likeness (QED) is 0.298. The minimum Gasteiger partial charge on any atom is -0.248 e. The third kappa shape index (κ3) is 2.69. The third-order valence-electron chi connectivity index (χ3n) is 7.61. The van der Waals surface area contributed by atoms with Crippen LogP contribution in [0.25, 0.3) is 22.2 Å². The van der Waals surface area contributed by atoms with Gasteiger partial charge in [-0.2, -0.15) is 0 Å². The molecule has 0 saturated heterocycles. The van der Waals surface area contributed by atoms with Crippen LogP contribution in [0, 0.1) is 27.7 Å². The lowest BCUT2D eigenvalue weighted by Gasteiger charge is -2.30. The van der Waals surface area contributed by atoms with Crippen LogP contribution in [0.3, 0.4) is 0 Å². The first-order valence-corrected chi connectivity index (χ1v) is 12.4. The Morgan fingerprint density at radius 3 is 2.41 bits per heavy atom. The van der Waals surface area contributed by atoms with Crippen LogP contribution in [0.15, 0.2) is 59.5 Å². The molecule has 0 fully saturated rings. The average molecular weight is 436 g/mol. The molecule has 4 aromatic rings. The predicted molar refractivity (Wildman–Crippen MR) is 137 cm³/mol. The second-order valence-electron chi connectivity index (χ2n) is 10.3. The summed E-state index contributed by atoms with van der Waals surface area (Å²) in [6, 6.07) is 20.7. The van der Waals surface area contributed by atoms with Gasteiger partial charge in [-0.15, -0.1) is 11.8 Å². The highest BCUT2D eigenvalue weighted by atomic mass is 32.2. The molecule has 2 unspecified atom stereocenters. The van der Waals surface area contributed by atoms with E-state index in [9.17, 15) is 0 Å². The van der Waals surface area contributed by atoms with Gasteiger partial charge >= 0.3 is 0 Å². The van der Waals surface area contributed by atoms with Crippen molar-refractivity contribution >= 4 is 22.7 Å². The highest BCUT2D eigenvalue weighted by molar-refractivity contribution is 8.00. The fourth-order valence-electron chi connectivity index (χ4n) is 6.42. The molecule has 0 saturated carbocycles. The number of hydrogen-bond donors (Lipinski definition) is 0. The zero-order chi connectivity index (χ0) is 22.4. The summed E-state index contributed by atoms with van der Waals surface area (Å²) in [7, 11) is 0. The first kappa shape index (κ1) is 20.1. The summed E-state index contributed by atoms with van der Waals surface area (Å²) in [5, 5.41) is 1.78. The fraction of sp³-hybridized carbons (Fsp3) is 0.300. The van der Waals surface area contributed by atoms with E-state index in [1.54, 1.807) is 0 Å². The number of fused-ring (bicyclic) bond motifs is 6. The number of nitrogens with zero attached hydrogens (tertiary/aromatic N) is 1. The van der Waals surface area contributed by atoms with Gasteiger partial charge < -0.3 is 0 Å². The van der Waals surface area contributed by atoms with E-state index in [1.165, 1.54) is 54.8 Å². The van der Waals surface area contributed by atoms with E-state index in [4.69, 9.17) is 4.98 Å². The molecule has 1 aromatic heterocycles. The van der Waals surface area contributed by atoms with Crippen LogP contribution in [0.2, 0.25) is 0 Å². The fourth-order valence-corrected chi connectivity index (χ4v) is 8.10. The van der Waals surface area contributed by atoms with E-state index in [0.29, 0.717) is 11.2 Å². The van der Waals surface area contributed by atoms with Gasteiger partial charge in [0.25, 0.3) is 0 Å². The van der Waals surface area contributed by atoms with Crippen molar-refractivity contribution in [3.63, 3.8) is 0 Å². The van der Waals surface area contributed by atoms with Crippen molar-refractivity contribution in [1.82, 2.24) is 4.98 Å². The van der Waals surface area contributed by atoms with Gasteiger partial charge in [-0.1, -0.05) is 55.8 Å². The van der Waals surface area contributed by atoms with Crippen LogP contribution in [0.5, 0.6) is 0 Å². The Hall–Kier alpha value is -2.58. The van der Waals surface area contributed by atoms with E-state index in [1.807, 2.05) is 0 Å². The van der Waals surface area contributed by atoms with E-state index in [2.05, 4.69) is 108 Å². The van der Waals surface area contributed by atoms with Crippen molar-refractivity contribution in [2.45, 2.75) is 63.0 Å². The average Bonchev–Trinajstić information content (AvgIpc) is 3.21. The number of benzene rings is 3. The molecular weight excluding hydrogens is 406 g/mol. The minimum atomic E-state index is 0.0513. The van der Waals surface area contributed by atoms with Crippen LogP contribution in [0.4, 0.5) is 0 Å². The Labute approximate surface area is 195 Å². The number of aryl methyl sites for hydroxylation is 4. The summed E-state index contributed by atoms with van der Waals surface area (Å²) in [6.07, 6.45) is 0. The number of aromatic nitrogens is 1. The maximum Gasteiger partial charge on any atom is 0.0717 e. The van der Waals surface area contributed by atoms with Gasteiger partial charge in [0.1, 0.15) is 0 Å². The zero-order valence-electron chi connectivity index (χ0n) is 19.7. The first-order chi connectivity index (χ1) is 15.3. The summed E-state index contributed by atoms with van der Waals surface area (Å²) in [4.78, 5) is 6.68. The molecule has 1 aliphatic heterocycles. The topological polar surface area (TPSA) is 12.9 Å². The minimum absolute atomic E-state index is 0.0513. The molecule has 0 radical (unpaired) electrons. The van der Waals surface area contributed by atoms with Crippen molar-refractivity contribution in [1.29, 1.82) is 0 Å². The molecule has 2 heteroatoms. The Kier molecular flexibility index (Phi) is 4.21. The summed E-state index contributed by atoms with van der Waals surface area (Å²) in [6.45, 7) is 13.7. The Morgan fingerprint density at radius 1 is 0.812 bits per heavy atom. The van der Waals surface area contributed by atoms with Crippen LogP contribution in [-0.2, 0) is 5.41 Å². The first-order valence-electron chi connectivity index (χ1n) is 11.6. The van der Waals surface area contributed by atoms with Crippen molar-refractivity contribution in [2.75, 3.05) is 0 Å². The Morgan fingerprint density at radius 2 is 1.59 bits per heavy atom. The van der Waals surface area contributed by atoms with Crippen LogP contribution >= 0.6 is 11.8 Å². The van der Waals surface area contributed by atoms with Gasteiger partial charge in [0.2, 0.25) is 0 Å². The standard InChI is InChI=1S/C30H29NS/c1-16-10-11-25-22(13-16)28-29(32-25)21-9-7-8-20(27(21)30(28,5)6)23-15-19(4)26-18(3)12-17(2)14-24(26)31-23/h7-15,28-29H,1-6H3. The van der Waals surface area contributed by atoms with E-state index < -0.39 is 0 Å². The lowest BCUT2D eigenvalue weighted by atomic mass is 9.73. The van der Waals surface area contributed by atoms with Crippen molar-refractivity contribution < 1.29 is 0 Å². The van der Waals surface area contributed by atoms with Crippen LogP contribution in [-0.4, -0.2) is 4.98 Å². The number of pyridine rings is 1. The van der Waals surface area contributed by atoms with Gasteiger partial charge in [-0.25, -0.2) is 4.98 Å². The van der Waals surface area contributed by atoms with Gasteiger partial charge in [0.15, 0.2) is 0 Å². The maximum atomic E-state index is 5.22. The highest BCUT2D eigenvalue weighted by Gasteiger charge is 2.52. The molecule has 6 rings (SSSR count). The largest absolute Gasteiger partial charge is 0.248 e. The summed E-state index contributed by atoms with van der Waals surface area (Å²) < 4.78 is 0. The number of thioether (sulfide) groups is 1. The molecule has 0 spiro atoms. The molecule has 1 nitrogen and oxygen atoms in total. The summed E-state index contributed by atoms with van der Waals surface area (Å²) in [5.41, 5.74) is 13.4. The van der Waals surface area contributed by atoms with Gasteiger partial charge in [-0.3, -0.25) is 0 Å². The van der Waals surface area contributed by atoms with Gasteiger partial charge in [0.05, 0.1) is 11.2 Å². The van der Waals surface area contributed by atoms with Crippen LogP contribution < -0.4 is 0 Å². The van der Waals surface area contributed by atoms with E-state index in [0.717, 1.165) is 11.2 Å². The zero-order valence-corrected chi connectivity index (χ0v) is 20.5. The molecular formula is C30H29NS. The maximum absolute atomic E-state index is 5.22. The summed E-state index contributed by atoms with van der Waals surface area (Å²) in [5.74, 6) is 0.504. The second kappa shape index (κ2) is 6.71. The van der Waals surface area contributed by atoms with Gasteiger partial charge in [0, 0.05) is 27.0 Å². The lowest BCUT2D eigenvalue weighted by Crippen LogP contribution is -2.22. The number of rotatable bonds is 1. The molecule has 1 aliphatic carbocycles. The molecule has 2 aliphatic rings. The predicted octanol–water partition coefficient (Wildman–Crippen LogP) is 8.36. The molecule has 2 atom stereocenters. The van der Waals surface area contributed by atoms with Crippen molar-refractivity contribution in [2.24, 2.45) is 0 Å². The van der Waals surface area contributed by atoms with Crippen molar-refractivity contribution in [3.05, 3.63) is 93.5 Å². The molecule has 160 valence electrons. The summed E-state index contributed by atoms with van der Waals surface area (Å²) >= 11 is 2.05. The molecule has 0 bridgehead atoms. The molecule has 3 aromatic carbocycles. The monoisotopic (exact) mass is 435 g/mol. The second-order valence-corrected chi connectivity index (χ2v) is 11.5. The van der Waals surface area contributed by atoms with E-state index in [-0.39, 0.29) is 5.41 Å². The molecule has 2 heterocycles. The normalized spacial score (nSPS) is 20.3. The Balaban J connectivity index is 1.58. The third-order valence-corrected chi connectivity index (χ3v) is 9.01. The lowest BCUT2D eigenvalue weighted by molar-refractivity contribution is 0.446. The molecule has 0 amide bonds. The SMILES string of the molecule is Cc1ccc2c(c1)C1C(S2)c2cccc(-c3cc(C)c4c(C)cc(C)cc4n3)c2C1(C)C. The van der Waals surface area contributed by atoms with Crippen LogP contribution in [0.1, 0.15) is 64.0 Å². The number of hydrogen-bond acceptors (Lipinski definition) is 2. The van der Waals surface area contributed by atoms with Crippen molar-refractivity contribution in [3.8, 4) is 11.3 Å². The van der Waals surface area contributed by atoms with Gasteiger partial charge in [-0.05, 0) is 84.7 Å². The smallest absolute Gasteiger partial charge is 0.0717 e. The highest BCUT2D eigenvalue weighted by Crippen LogP contribution is 2.67. The van der Waals surface area contributed by atoms with E-state index >= 15 is 0 Å². The Bertz CT molecular complexity index is 1430. The molecule has 32 heavy (non-hydrogen) atoms.